The Balaban J connectivity index is 4.24. The SMILES string of the molecule is C#CCCC(=O)C(C)S(C)(=O)=O. The Morgan fingerprint density at radius 1 is 1.58 bits per heavy atom. The van der Waals surface area contributed by atoms with Gasteiger partial charge in [-0.1, -0.05) is 0 Å². The highest BCUT2D eigenvalue weighted by atomic mass is 32.2. The molecule has 0 aromatic heterocycles. The maximum atomic E-state index is 11.1. The molecule has 12 heavy (non-hydrogen) atoms. The van der Waals surface area contributed by atoms with Gasteiger partial charge in [0.1, 0.15) is 5.25 Å². The number of rotatable bonds is 4. The molecule has 3 nitrogen and oxygen atoms in total. The molecule has 0 amide bonds. The maximum Gasteiger partial charge on any atom is 0.157 e. The van der Waals surface area contributed by atoms with E-state index >= 15 is 0 Å². The molecule has 0 spiro atoms. The fourth-order valence-corrected chi connectivity index (χ4v) is 1.23. The molecular formula is C8H12O3S. The highest BCUT2D eigenvalue weighted by molar-refractivity contribution is 7.92. The largest absolute Gasteiger partial charge is 0.298 e. The first kappa shape index (κ1) is 11.2. The van der Waals surface area contributed by atoms with Gasteiger partial charge < -0.3 is 0 Å². The Labute approximate surface area is 73.1 Å². The molecule has 0 radical (unpaired) electrons. The van der Waals surface area contributed by atoms with Crippen LogP contribution < -0.4 is 0 Å². The van der Waals surface area contributed by atoms with Gasteiger partial charge in [0.05, 0.1) is 0 Å². The molecule has 1 atom stereocenters. The third-order valence-electron chi connectivity index (χ3n) is 1.61. The number of ketones is 1. The van der Waals surface area contributed by atoms with Crippen LogP contribution in [-0.2, 0) is 14.6 Å². The predicted molar refractivity (Wildman–Crippen MR) is 47.4 cm³/mol. The Morgan fingerprint density at radius 2 is 2.08 bits per heavy atom. The van der Waals surface area contributed by atoms with Crippen LogP contribution in [0, 0.1) is 12.3 Å². The number of Topliss-reactive ketones (excluding diaryl/α,β-unsaturated/α-hetero) is 1. The van der Waals surface area contributed by atoms with Crippen LogP contribution in [0.2, 0.25) is 0 Å². The van der Waals surface area contributed by atoms with Crippen LogP contribution in [0.1, 0.15) is 19.8 Å². The third kappa shape index (κ3) is 3.54. The second-order valence-corrected chi connectivity index (χ2v) is 5.01. The molecule has 0 aliphatic carbocycles. The maximum absolute atomic E-state index is 11.1. The lowest BCUT2D eigenvalue weighted by atomic mass is 10.2. The van der Waals surface area contributed by atoms with E-state index in [0.717, 1.165) is 6.26 Å². The van der Waals surface area contributed by atoms with Crippen molar-refractivity contribution in [2.24, 2.45) is 0 Å². The number of hydrogen-bond donors (Lipinski definition) is 0. The van der Waals surface area contributed by atoms with Gasteiger partial charge in [0.15, 0.2) is 15.6 Å². The highest BCUT2D eigenvalue weighted by Crippen LogP contribution is 2.03. The summed E-state index contributed by atoms with van der Waals surface area (Å²) in [6.45, 7) is 1.38. The molecule has 0 aromatic carbocycles. The van der Waals surface area contributed by atoms with Crippen molar-refractivity contribution in [3.8, 4) is 12.3 Å². The van der Waals surface area contributed by atoms with Gasteiger partial charge in [0.25, 0.3) is 0 Å². The average Bonchev–Trinajstić information content (AvgIpc) is 1.97. The molecule has 0 aliphatic rings. The Bertz CT molecular complexity index is 295. The van der Waals surface area contributed by atoms with Crippen molar-refractivity contribution < 1.29 is 13.2 Å². The lowest BCUT2D eigenvalue weighted by molar-refractivity contribution is -0.118. The predicted octanol–water partition coefficient (Wildman–Crippen LogP) is 0.402. The minimum Gasteiger partial charge on any atom is -0.298 e. The van der Waals surface area contributed by atoms with Gasteiger partial charge in [-0.3, -0.25) is 4.79 Å². The molecule has 0 aromatic rings. The summed E-state index contributed by atoms with van der Waals surface area (Å²) >= 11 is 0. The quantitative estimate of drug-likeness (QED) is 0.600. The van der Waals surface area contributed by atoms with Crippen LogP contribution in [0.5, 0.6) is 0 Å². The van der Waals surface area contributed by atoms with Gasteiger partial charge >= 0.3 is 0 Å². The fourth-order valence-electron chi connectivity index (χ4n) is 0.637. The molecule has 68 valence electrons. The molecule has 1 unspecified atom stereocenters. The molecular weight excluding hydrogens is 176 g/mol. The van der Waals surface area contributed by atoms with E-state index in [0.29, 0.717) is 6.42 Å². The zero-order chi connectivity index (χ0) is 9.78. The Morgan fingerprint density at radius 3 is 2.42 bits per heavy atom. The third-order valence-corrected chi connectivity index (χ3v) is 3.16. The number of hydrogen-bond acceptors (Lipinski definition) is 3. The molecule has 0 bridgehead atoms. The average molecular weight is 188 g/mol. The molecule has 0 N–H and O–H groups in total. The summed E-state index contributed by atoms with van der Waals surface area (Å²) in [7, 11) is -3.25. The summed E-state index contributed by atoms with van der Waals surface area (Å²) in [6, 6.07) is 0. The number of carbonyl (C=O) groups is 1. The molecule has 0 saturated heterocycles. The normalized spacial score (nSPS) is 13.4. The van der Waals surface area contributed by atoms with Gasteiger partial charge in [-0.15, -0.1) is 12.3 Å². The Hall–Kier alpha value is -0.820. The number of sulfone groups is 1. The van der Waals surface area contributed by atoms with Gasteiger partial charge in [-0.2, -0.15) is 0 Å². The standard InChI is InChI=1S/C8H12O3S/c1-4-5-6-8(9)7(2)12(3,10)11/h1,7H,5-6H2,2-3H3. The van der Waals surface area contributed by atoms with Crippen molar-refractivity contribution in [3.05, 3.63) is 0 Å². The molecule has 0 aliphatic heterocycles. The van der Waals surface area contributed by atoms with E-state index in [9.17, 15) is 13.2 Å². The monoisotopic (exact) mass is 188 g/mol. The summed E-state index contributed by atoms with van der Waals surface area (Å²) < 4.78 is 21.7. The Kier molecular flexibility index (Phi) is 3.98. The zero-order valence-electron chi connectivity index (χ0n) is 7.20. The van der Waals surface area contributed by atoms with E-state index in [4.69, 9.17) is 6.42 Å². The van der Waals surface area contributed by atoms with Crippen LogP contribution in [-0.4, -0.2) is 25.7 Å². The van der Waals surface area contributed by atoms with E-state index in [-0.39, 0.29) is 12.2 Å². The van der Waals surface area contributed by atoms with Crippen LogP contribution in [0.4, 0.5) is 0 Å². The topological polar surface area (TPSA) is 51.2 Å². The van der Waals surface area contributed by atoms with Crippen molar-refractivity contribution in [2.45, 2.75) is 25.0 Å². The lowest BCUT2D eigenvalue weighted by Gasteiger charge is -2.05. The van der Waals surface area contributed by atoms with Crippen LogP contribution in [0.3, 0.4) is 0 Å². The number of terminal acetylenes is 1. The van der Waals surface area contributed by atoms with E-state index < -0.39 is 15.1 Å². The minimum atomic E-state index is -3.25. The summed E-state index contributed by atoms with van der Waals surface area (Å²) in [5, 5.41) is -0.925. The molecule has 4 heteroatoms. The molecule has 0 fully saturated rings. The smallest absolute Gasteiger partial charge is 0.157 e. The minimum absolute atomic E-state index is 0.144. The van der Waals surface area contributed by atoms with Crippen molar-refractivity contribution in [1.29, 1.82) is 0 Å². The first-order valence-electron chi connectivity index (χ1n) is 3.54. The molecule has 0 rings (SSSR count). The van der Waals surface area contributed by atoms with E-state index in [1.165, 1.54) is 6.92 Å². The second-order valence-electron chi connectivity index (χ2n) is 2.64. The van der Waals surface area contributed by atoms with Gasteiger partial charge in [-0.05, 0) is 6.92 Å². The summed E-state index contributed by atoms with van der Waals surface area (Å²) in [4.78, 5) is 11.1. The van der Waals surface area contributed by atoms with Crippen molar-refractivity contribution in [2.75, 3.05) is 6.26 Å². The summed E-state index contributed by atoms with van der Waals surface area (Å²) in [5.74, 6) is 1.98. The van der Waals surface area contributed by atoms with Gasteiger partial charge in [-0.25, -0.2) is 8.42 Å². The van der Waals surface area contributed by atoms with Gasteiger partial charge in [0, 0.05) is 19.1 Å². The van der Waals surface area contributed by atoms with E-state index in [2.05, 4.69) is 5.92 Å². The first-order chi connectivity index (χ1) is 5.39. The highest BCUT2D eigenvalue weighted by Gasteiger charge is 2.22. The van der Waals surface area contributed by atoms with E-state index in [1.807, 2.05) is 0 Å². The molecule has 0 saturated carbocycles. The van der Waals surface area contributed by atoms with Crippen molar-refractivity contribution >= 4 is 15.6 Å². The summed E-state index contributed by atoms with van der Waals surface area (Å²) in [6.07, 6.45) is 6.43. The molecule has 0 heterocycles. The van der Waals surface area contributed by atoms with Crippen LogP contribution in [0.25, 0.3) is 0 Å². The van der Waals surface area contributed by atoms with Crippen molar-refractivity contribution in [3.63, 3.8) is 0 Å². The zero-order valence-corrected chi connectivity index (χ0v) is 8.02. The lowest BCUT2D eigenvalue weighted by Crippen LogP contribution is -2.25. The fraction of sp³-hybridized carbons (Fsp3) is 0.625. The van der Waals surface area contributed by atoms with Gasteiger partial charge in [0.2, 0.25) is 0 Å². The summed E-state index contributed by atoms with van der Waals surface area (Å²) in [5.41, 5.74) is 0. The second kappa shape index (κ2) is 4.27. The van der Waals surface area contributed by atoms with Crippen LogP contribution in [0.15, 0.2) is 0 Å². The number of carbonyl (C=O) groups excluding carboxylic acids is 1. The first-order valence-corrected chi connectivity index (χ1v) is 5.50. The van der Waals surface area contributed by atoms with Crippen LogP contribution >= 0.6 is 0 Å². The van der Waals surface area contributed by atoms with E-state index in [1.54, 1.807) is 0 Å². The van der Waals surface area contributed by atoms with Crippen molar-refractivity contribution in [1.82, 2.24) is 0 Å².